The zero-order valence-corrected chi connectivity index (χ0v) is 10.9. The van der Waals surface area contributed by atoms with Crippen molar-refractivity contribution in [2.75, 3.05) is 6.61 Å². The summed E-state index contributed by atoms with van der Waals surface area (Å²) in [4.78, 5) is 11.7. The molecule has 3 heteroatoms. The van der Waals surface area contributed by atoms with Crippen LogP contribution in [0.1, 0.15) is 48.0 Å². The summed E-state index contributed by atoms with van der Waals surface area (Å²) in [5.74, 6) is -0.138. The maximum atomic E-state index is 11.7. The maximum absolute atomic E-state index is 11.7. The van der Waals surface area contributed by atoms with Gasteiger partial charge in [-0.1, -0.05) is 34.6 Å². The van der Waals surface area contributed by atoms with Crippen LogP contribution in [0.25, 0.3) is 0 Å². The first-order chi connectivity index (χ1) is 6.76. The van der Waals surface area contributed by atoms with E-state index in [9.17, 15) is 4.79 Å². The first-order valence-corrected chi connectivity index (χ1v) is 5.69. The molecule has 0 aliphatic rings. The van der Waals surface area contributed by atoms with Gasteiger partial charge in [0, 0.05) is 6.04 Å². The van der Waals surface area contributed by atoms with Gasteiger partial charge in [0.05, 0.1) is 6.61 Å². The van der Waals surface area contributed by atoms with E-state index in [2.05, 4.69) is 26.1 Å². The predicted molar refractivity (Wildman–Crippen MR) is 62.8 cm³/mol. The third-order valence-electron chi connectivity index (χ3n) is 1.92. The van der Waals surface area contributed by atoms with Gasteiger partial charge in [0.2, 0.25) is 0 Å². The summed E-state index contributed by atoms with van der Waals surface area (Å²) < 4.78 is 5.05. The van der Waals surface area contributed by atoms with Crippen LogP contribution in [0.3, 0.4) is 0 Å². The van der Waals surface area contributed by atoms with Gasteiger partial charge in [0.15, 0.2) is 0 Å². The molecular formula is C12H25NO2. The van der Waals surface area contributed by atoms with E-state index in [1.54, 1.807) is 0 Å². The third-order valence-corrected chi connectivity index (χ3v) is 1.92. The lowest BCUT2D eigenvalue weighted by Gasteiger charge is -2.26. The van der Waals surface area contributed by atoms with Crippen molar-refractivity contribution in [1.82, 2.24) is 5.32 Å². The molecule has 0 amide bonds. The number of hydrogen-bond acceptors (Lipinski definition) is 3. The molecule has 0 aliphatic carbocycles. The Hall–Kier alpha value is -0.570. The molecule has 0 aromatic heterocycles. The average Bonchev–Trinajstić information content (AvgIpc) is 1.99. The molecule has 0 radical (unpaired) electrons. The van der Waals surface area contributed by atoms with Gasteiger partial charge < -0.3 is 10.1 Å². The summed E-state index contributed by atoms with van der Waals surface area (Å²) >= 11 is 0. The van der Waals surface area contributed by atoms with Crippen molar-refractivity contribution in [2.45, 2.75) is 60.0 Å². The molecule has 0 fully saturated rings. The highest BCUT2D eigenvalue weighted by atomic mass is 16.5. The largest absolute Gasteiger partial charge is 0.465 e. The van der Waals surface area contributed by atoms with Crippen molar-refractivity contribution >= 4 is 5.97 Å². The van der Waals surface area contributed by atoms with Crippen LogP contribution in [-0.4, -0.2) is 24.7 Å². The quantitative estimate of drug-likeness (QED) is 0.715. The van der Waals surface area contributed by atoms with E-state index in [0.717, 1.165) is 6.42 Å². The molecule has 0 spiro atoms. The lowest BCUT2D eigenvalue weighted by atomic mass is 9.88. The number of carbonyl (C=O) groups excluding carboxylic acids is 1. The molecule has 1 N–H and O–H groups in total. The molecule has 15 heavy (non-hydrogen) atoms. The van der Waals surface area contributed by atoms with Crippen LogP contribution in [0.4, 0.5) is 0 Å². The minimum atomic E-state index is -0.190. The molecule has 0 aliphatic heterocycles. The second-order valence-corrected chi connectivity index (χ2v) is 5.39. The van der Waals surface area contributed by atoms with Crippen molar-refractivity contribution < 1.29 is 9.53 Å². The van der Waals surface area contributed by atoms with E-state index in [1.807, 2.05) is 20.8 Å². The molecule has 1 atom stereocenters. The smallest absolute Gasteiger partial charge is 0.323 e. The number of hydrogen-bond donors (Lipinski definition) is 1. The zero-order valence-electron chi connectivity index (χ0n) is 10.9. The SMILES string of the molecule is CCOC(=O)C(CC(C)(C)C)NC(C)C. The molecule has 90 valence electrons. The Labute approximate surface area is 93.6 Å². The van der Waals surface area contributed by atoms with Crippen molar-refractivity contribution in [3.8, 4) is 0 Å². The molecule has 1 unspecified atom stereocenters. The van der Waals surface area contributed by atoms with Gasteiger partial charge in [0.25, 0.3) is 0 Å². The Kier molecular flexibility index (Phi) is 5.88. The van der Waals surface area contributed by atoms with Crippen LogP contribution < -0.4 is 5.32 Å². The van der Waals surface area contributed by atoms with Crippen molar-refractivity contribution in [3.05, 3.63) is 0 Å². The molecule has 0 aromatic carbocycles. The Morgan fingerprint density at radius 1 is 1.33 bits per heavy atom. The van der Waals surface area contributed by atoms with Crippen LogP contribution >= 0.6 is 0 Å². The van der Waals surface area contributed by atoms with Gasteiger partial charge >= 0.3 is 5.97 Å². The van der Waals surface area contributed by atoms with Crippen LogP contribution in [-0.2, 0) is 9.53 Å². The summed E-state index contributed by atoms with van der Waals surface area (Å²) in [6.45, 7) is 12.7. The standard InChI is InChI=1S/C12H25NO2/c1-7-15-11(14)10(13-9(2)3)8-12(4,5)6/h9-10,13H,7-8H2,1-6H3. The van der Waals surface area contributed by atoms with Crippen LogP contribution in [0, 0.1) is 5.41 Å². The predicted octanol–water partition coefficient (Wildman–Crippen LogP) is 2.35. The van der Waals surface area contributed by atoms with Crippen LogP contribution in [0.15, 0.2) is 0 Å². The highest BCUT2D eigenvalue weighted by Gasteiger charge is 2.26. The van der Waals surface area contributed by atoms with Gasteiger partial charge in [-0.05, 0) is 18.8 Å². The van der Waals surface area contributed by atoms with Crippen molar-refractivity contribution in [3.63, 3.8) is 0 Å². The first-order valence-electron chi connectivity index (χ1n) is 5.69. The summed E-state index contributed by atoms with van der Waals surface area (Å²) in [7, 11) is 0. The molecule has 0 saturated heterocycles. The van der Waals surface area contributed by atoms with Gasteiger partial charge in [-0.2, -0.15) is 0 Å². The highest BCUT2D eigenvalue weighted by Crippen LogP contribution is 2.21. The second-order valence-electron chi connectivity index (χ2n) is 5.39. The molecule has 0 saturated carbocycles. The lowest BCUT2D eigenvalue weighted by Crippen LogP contribution is -2.44. The highest BCUT2D eigenvalue weighted by molar-refractivity contribution is 5.75. The normalized spacial score (nSPS) is 14.1. The van der Waals surface area contributed by atoms with Crippen LogP contribution in [0.5, 0.6) is 0 Å². The Morgan fingerprint density at radius 2 is 1.87 bits per heavy atom. The topological polar surface area (TPSA) is 38.3 Å². The number of ether oxygens (including phenoxy) is 1. The average molecular weight is 215 g/mol. The van der Waals surface area contributed by atoms with Gasteiger partial charge in [-0.25, -0.2) is 0 Å². The Bertz CT molecular complexity index is 194. The molecule has 0 bridgehead atoms. The van der Waals surface area contributed by atoms with E-state index < -0.39 is 0 Å². The van der Waals surface area contributed by atoms with Crippen molar-refractivity contribution in [1.29, 1.82) is 0 Å². The zero-order chi connectivity index (χ0) is 12.1. The minimum absolute atomic E-state index is 0.124. The molecule has 0 heterocycles. The molecule has 3 nitrogen and oxygen atoms in total. The van der Waals surface area contributed by atoms with Gasteiger partial charge in [-0.3, -0.25) is 4.79 Å². The fraction of sp³-hybridized carbons (Fsp3) is 0.917. The monoisotopic (exact) mass is 215 g/mol. The lowest BCUT2D eigenvalue weighted by molar-refractivity contribution is -0.146. The van der Waals surface area contributed by atoms with Gasteiger partial charge in [0.1, 0.15) is 6.04 Å². The van der Waals surface area contributed by atoms with Crippen LogP contribution in [0.2, 0.25) is 0 Å². The molecular weight excluding hydrogens is 190 g/mol. The van der Waals surface area contributed by atoms with Crippen molar-refractivity contribution in [2.24, 2.45) is 5.41 Å². The van der Waals surface area contributed by atoms with Gasteiger partial charge in [-0.15, -0.1) is 0 Å². The molecule has 0 aromatic rings. The number of carbonyl (C=O) groups is 1. The minimum Gasteiger partial charge on any atom is -0.465 e. The summed E-state index contributed by atoms with van der Waals surface area (Å²) in [6, 6.07) is 0.103. The van der Waals surface area contributed by atoms with E-state index in [4.69, 9.17) is 4.74 Å². The molecule has 0 rings (SSSR count). The summed E-state index contributed by atoms with van der Waals surface area (Å²) in [5, 5.41) is 3.25. The summed E-state index contributed by atoms with van der Waals surface area (Å²) in [6.07, 6.45) is 0.796. The number of rotatable bonds is 5. The summed E-state index contributed by atoms with van der Waals surface area (Å²) in [5.41, 5.74) is 0.124. The Balaban J connectivity index is 4.37. The van der Waals surface area contributed by atoms with E-state index >= 15 is 0 Å². The Morgan fingerprint density at radius 3 is 2.20 bits per heavy atom. The fourth-order valence-corrected chi connectivity index (χ4v) is 1.47. The van der Waals surface area contributed by atoms with E-state index in [-0.39, 0.29) is 17.4 Å². The number of nitrogens with one attached hydrogen (secondary N) is 1. The second kappa shape index (κ2) is 6.11. The first kappa shape index (κ1) is 14.4. The fourth-order valence-electron chi connectivity index (χ4n) is 1.47. The number of esters is 1. The third kappa shape index (κ3) is 7.37. The van der Waals surface area contributed by atoms with E-state index in [0.29, 0.717) is 12.6 Å². The van der Waals surface area contributed by atoms with E-state index in [1.165, 1.54) is 0 Å². The maximum Gasteiger partial charge on any atom is 0.323 e.